The van der Waals surface area contributed by atoms with Crippen LogP contribution in [0.25, 0.3) is 0 Å². The van der Waals surface area contributed by atoms with Crippen molar-refractivity contribution in [1.29, 1.82) is 0 Å². The number of carbonyl (C=O) groups excluding carboxylic acids is 4. The Bertz CT molecular complexity index is 868. The Morgan fingerprint density at radius 2 is 1.47 bits per heavy atom. The summed E-state index contributed by atoms with van der Waals surface area (Å²) >= 11 is 3.91. The molecule has 0 saturated heterocycles. The number of carboxylic acid groups (broad SMARTS) is 1. The lowest BCUT2D eigenvalue weighted by Crippen LogP contribution is -2.58. The number of aliphatic hydroxyl groups excluding tert-OH is 1. The monoisotopic (exact) mass is 497 g/mol. The first kappa shape index (κ1) is 28.9. The average Bonchev–Trinajstić information content (AvgIpc) is 2.78. The Balaban J connectivity index is 3.11. The molecule has 5 unspecified atom stereocenters. The predicted molar refractivity (Wildman–Crippen MR) is 126 cm³/mol. The standard InChI is InChI=1S/C21H31N5O7S/c1-11(27)17(23)20(31)24-13(7-8-16(22)28)18(29)25-14(9-12-5-3-2-4-6-12)19(30)26-15(10-34)21(32)33/h2-6,11,13-15,17,27,34H,7-10,23H2,1H3,(H2,22,28)(H,24,31)(H,25,29)(H,26,30)(H,32,33). The zero-order valence-corrected chi connectivity index (χ0v) is 19.5. The SMILES string of the molecule is CC(O)C(N)C(=O)NC(CCC(N)=O)C(=O)NC(Cc1ccccc1)C(=O)NC(CS)C(=O)O. The first-order valence-electron chi connectivity index (χ1n) is 10.5. The number of primary amides is 1. The van der Waals surface area contributed by atoms with Crippen LogP contribution in [-0.2, 0) is 30.4 Å². The predicted octanol–water partition coefficient (Wildman–Crippen LogP) is -2.33. The smallest absolute Gasteiger partial charge is 0.327 e. The molecule has 13 heteroatoms. The Labute approximate surface area is 202 Å². The van der Waals surface area contributed by atoms with Crippen molar-refractivity contribution in [3.63, 3.8) is 0 Å². The van der Waals surface area contributed by atoms with Crippen LogP contribution in [0.15, 0.2) is 30.3 Å². The van der Waals surface area contributed by atoms with Crippen LogP contribution in [0.3, 0.4) is 0 Å². The molecule has 0 spiro atoms. The van der Waals surface area contributed by atoms with E-state index in [1.807, 2.05) is 0 Å². The van der Waals surface area contributed by atoms with E-state index in [9.17, 15) is 34.2 Å². The lowest BCUT2D eigenvalue weighted by molar-refractivity contribution is -0.141. The lowest BCUT2D eigenvalue weighted by Gasteiger charge is -2.25. The molecule has 0 radical (unpaired) electrons. The van der Waals surface area contributed by atoms with Crippen LogP contribution in [-0.4, -0.2) is 75.8 Å². The molecule has 9 N–H and O–H groups in total. The topological polar surface area (TPSA) is 214 Å². The van der Waals surface area contributed by atoms with Crippen LogP contribution in [0.1, 0.15) is 25.3 Å². The van der Waals surface area contributed by atoms with E-state index < -0.39 is 59.9 Å². The van der Waals surface area contributed by atoms with Gasteiger partial charge >= 0.3 is 5.97 Å². The third kappa shape index (κ3) is 9.77. The highest BCUT2D eigenvalue weighted by Crippen LogP contribution is 2.07. The molecule has 5 atom stereocenters. The Kier molecular flexibility index (Phi) is 12.0. The number of aliphatic carboxylic acids is 1. The van der Waals surface area contributed by atoms with Crippen LogP contribution < -0.4 is 27.4 Å². The van der Waals surface area contributed by atoms with Gasteiger partial charge in [0.1, 0.15) is 24.2 Å². The molecule has 0 aliphatic carbocycles. The van der Waals surface area contributed by atoms with Crippen molar-refractivity contribution < 1.29 is 34.2 Å². The summed E-state index contributed by atoms with van der Waals surface area (Å²) in [6.45, 7) is 1.29. The van der Waals surface area contributed by atoms with Gasteiger partial charge < -0.3 is 37.6 Å². The number of nitrogens with two attached hydrogens (primary N) is 2. The summed E-state index contributed by atoms with van der Waals surface area (Å²) in [5, 5.41) is 25.9. The average molecular weight is 498 g/mol. The first-order chi connectivity index (χ1) is 16.0. The van der Waals surface area contributed by atoms with E-state index in [4.69, 9.17) is 11.5 Å². The molecule has 1 aromatic carbocycles. The van der Waals surface area contributed by atoms with Crippen molar-refractivity contribution in [2.24, 2.45) is 11.5 Å². The number of aliphatic hydroxyl groups is 1. The minimum absolute atomic E-state index is 0.0149. The van der Waals surface area contributed by atoms with E-state index in [0.717, 1.165) is 0 Å². The Morgan fingerprint density at radius 3 is 1.97 bits per heavy atom. The highest BCUT2D eigenvalue weighted by molar-refractivity contribution is 7.80. The number of benzene rings is 1. The zero-order valence-electron chi connectivity index (χ0n) is 18.6. The molecule has 12 nitrogen and oxygen atoms in total. The summed E-state index contributed by atoms with van der Waals surface area (Å²) in [4.78, 5) is 60.6. The summed E-state index contributed by atoms with van der Waals surface area (Å²) in [7, 11) is 0. The number of carbonyl (C=O) groups is 5. The summed E-state index contributed by atoms with van der Waals surface area (Å²) in [6, 6.07) is 3.52. The van der Waals surface area contributed by atoms with E-state index in [2.05, 4.69) is 28.6 Å². The maximum Gasteiger partial charge on any atom is 0.327 e. The quantitative estimate of drug-likeness (QED) is 0.130. The molecule has 0 bridgehead atoms. The molecule has 1 aromatic rings. The third-order valence-electron chi connectivity index (χ3n) is 4.85. The van der Waals surface area contributed by atoms with Crippen molar-refractivity contribution in [1.82, 2.24) is 16.0 Å². The molecule has 0 aliphatic heterocycles. The molecular weight excluding hydrogens is 466 g/mol. The molecule has 188 valence electrons. The number of amides is 4. The van der Waals surface area contributed by atoms with Crippen molar-refractivity contribution >= 4 is 42.2 Å². The fourth-order valence-electron chi connectivity index (χ4n) is 2.83. The number of carboxylic acids is 1. The fraction of sp³-hybridized carbons (Fsp3) is 0.476. The van der Waals surface area contributed by atoms with Gasteiger partial charge in [-0.1, -0.05) is 30.3 Å². The molecule has 1 rings (SSSR count). The molecule has 0 fully saturated rings. The number of thiol groups is 1. The van der Waals surface area contributed by atoms with Gasteiger partial charge in [0.15, 0.2) is 0 Å². The minimum Gasteiger partial charge on any atom is -0.480 e. The van der Waals surface area contributed by atoms with E-state index in [-0.39, 0.29) is 25.0 Å². The van der Waals surface area contributed by atoms with Crippen LogP contribution in [0.5, 0.6) is 0 Å². The van der Waals surface area contributed by atoms with E-state index in [1.165, 1.54) is 6.92 Å². The van der Waals surface area contributed by atoms with E-state index >= 15 is 0 Å². The molecule has 34 heavy (non-hydrogen) atoms. The largest absolute Gasteiger partial charge is 0.480 e. The molecule has 0 aliphatic rings. The van der Waals surface area contributed by atoms with Gasteiger partial charge in [-0.05, 0) is 18.9 Å². The second kappa shape index (κ2) is 14.2. The van der Waals surface area contributed by atoms with Crippen molar-refractivity contribution in [3.05, 3.63) is 35.9 Å². The highest BCUT2D eigenvalue weighted by atomic mass is 32.1. The van der Waals surface area contributed by atoms with Crippen LogP contribution in [0.4, 0.5) is 0 Å². The van der Waals surface area contributed by atoms with Crippen molar-refractivity contribution in [2.75, 3.05) is 5.75 Å². The zero-order chi connectivity index (χ0) is 25.8. The number of hydrogen-bond acceptors (Lipinski definition) is 8. The van der Waals surface area contributed by atoms with Gasteiger partial charge in [-0.15, -0.1) is 0 Å². The molecule has 0 saturated carbocycles. The van der Waals surface area contributed by atoms with Gasteiger partial charge in [0.2, 0.25) is 23.6 Å². The highest BCUT2D eigenvalue weighted by Gasteiger charge is 2.31. The minimum atomic E-state index is -1.33. The van der Waals surface area contributed by atoms with Gasteiger partial charge in [0, 0.05) is 18.6 Å². The molecule has 0 heterocycles. The summed E-state index contributed by atoms with van der Waals surface area (Å²) in [5.41, 5.74) is 11.4. The fourth-order valence-corrected chi connectivity index (χ4v) is 3.08. The third-order valence-corrected chi connectivity index (χ3v) is 5.21. The Hall–Kier alpha value is -3.16. The first-order valence-corrected chi connectivity index (χ1v) is 11.1. The van der Waals surface area contributed by atoms with Crippen LogP contribution in [0, 0.1) is 0 Å². The lowest BCUT2D eigenvalue weighted by atomic mass is 10.0. The van der Waals surface area contributed by atoms with Crippen LogP contribution >= 0.6 is 12.6 Å². The van der Waals surface area contributed by atoms with Crippen LogP contribution in [0.2, 0.25) is 0 Å². The molecule has 4 amide bonds. The number of hydrogen-bond donors (Lipinski definition) is 8. The van der Waals surface area contributed by atoms with Gasteiger partial charge in [-0.3, -0.25) is 19.2 Å². The maximum absolute atomic E-state index is 13.0. The second-order valence-corrected chi connectivity index (χ2v) is 8.03. The summed E-state index contributed by atoms with van der Waals surface area (Å²) in [5.74, 6) is -4.64. The van der Waals surface area contributed by atoms with Gasteiger partial charge in [-0.25, -0.2) is 4.79 Å². The van der Waals surface area contributed by atoms with Gasteiger partial charge in [0.05, 0.1) is 6.10 Å². The number of nitrogens with one attached hydrogen (secondary N) is 3. The Morgan fingerprint density at radius 1 is 0.941 bits per heavy atom. The van der Waals surface area contributed by atoms with Crippen molar-refractivity contribution in [2.45, 2.75) is 56.5 Å². The maximum atomic E-state index is 13.0. The van der Waals surface area contributed by atoms with Gasteiger partial charge in [-0.2, -0.15) is 12.6 Å². The second-order valence-electron chi connectivity index (χ2n) is 7.67. The summed E-state index contributed by atoms with van der Waals surface area (Å²) < 4.78 is 0. The summed E-state index contributed by atoms with van der Waals surface area (Å²) in [6.07, 6.45) is -1.63. The van der Waals surface area contributed by atoms with Gasteiger partial charge in [0.25, 0.3) is 0 Å². The molecule has 0 aromatic heterocycles. The number of rotatable bonds is 14. The normalized spacial score (nSPS) is 15.2. The molecular formula is C21H31N5O7S. The van der Waals surface area contributed by atoms with Crippen molar-refractivity contribution in [3.8, 4) is 0 Å². The van der Waals surface area contributed by atoms with E-state index in [1.54, 1.807) is 30.3 Å². The van der Waals surface area contributed by atoms with E-state index in [0.29, 0.717) is 5.56 Å².